The zero-order valence-corrected chi connectivity index (χ0v) is 8.95. The van der Waals surface area contributed by atoms with Gasteiger partial charge in [-0.2, -0.15) is 0 Å². The van der Waals surface area contributed by atoms with Crippen LogP contribution in [0.25, 0.3) is 0 Å². The van der Waals surface area contributed by atoms with Gasteiger partial charge >= 0.3 is 0 Å². The lowest BCUT2D eigenvalue weighted by Crippen LogP contribution is -2.15. The Morgan fingerprint density at radius 1 is 1.29 bits per heavy atom. The first-order valence-electron chi connectivity index (χ1n) is 4.19. The molecule has 1 aromatic rings. The van der Waals surface area contributed by atoms with E-state index in [4.69, 9.17) is 6.72 Å². The minimum atomic E-state index is -3.40. The Kier molecular flexibility index (Phi) is 3.06. The largest absolute Gasteiger partial charge is 0.491 e. The molecule has 14 heavy (non-hydrogen) atoms. The van der Waals surface area contributed by atoms with Crippen molar-refractivity contribution in [1.82, 2.24) is 0 Å². The van der Waals surface area contributed by atoms with Crippen molar-refractivity contribution in [3.05, 3.63) is 29.8 Å². The number of rotatable bonds is 3. The molecule has 0 fully saturated rings. The number of nitrogens with zero attached hydrogens (tertiary/aromatic N) is 1. The van der Waals surface area contributed by atoms with E-state index in [0.29, 0.717) is 0 Å². The normalized spacial score (nSPS) is 13.6. The predicted octanol–water partition coefficient (Wildman–Crippen LogP) is 1.69. The highest BCUT2D eigenvalue weighted by Gasteiger charge is 2.19. The molecule has 3 nitrogen and oxygen atoms in total. The highest BCUT2D eigenvalue weighted by atomic mass is 32.2. The molecule has 0 bridgehead atoms. The summed E-state index contributed by atoms with van der Waals surface area (Å²) in [6.45, 7) is 8.32. The van der Waals surface area contributed by atoms with E-state index in [0.717, 1.165) is 5.56 Å². The number of aryl methyl sites for hydroxylation is 1. The Morgan fingerprint density at radius 3 is 2.21 bits per heavy atom. The zero-order chi connectivity index (χ0) is 10.8. The maximum atomic E-state index is 11.7. The van der Waals surface area contributed by atoms with Crippen LogP contribution in [0.2, 0.25) is 0 Å². The molecule has 0 heterocycles. The molecule has 0 N–H and O–H groups in total. The molecule has 0 aromatic heterocycles. The molecular weight excluding hydrogens is 198 g/mol. The fraction of sp³-hybridized carbons (Fsp3) is 0.300. The number of hydrogen-bond donors (Lipinski definition) is 0. The van der Waals surface area contributed by atoms with Gasteiger partial charge in [-0.1, -0.05) is 17.7 Å². The molecular formula is C10H12NO2S-. The van der Waals surface area contributed by atoms with Crippen molar-refractivity contribution in [2.45, 2.75) is 24.1 Å². The van der Waals surface area contributed by atoms with Crippen LogP contribution >= 0.6 is 0 Å². The molecule has 76 valence electrons. The minimum absolute atomic E-state index is 0.254. The molecule has 0 saturated heterocycles. The van der Waals surface area contributed by atoms with Gasteiger partial charge in [0.05, 0.1) is 4.90 Å². The lowest BCUT2D eigenvalue weighted by molar-refractivity contribution is 0.586. The van der Waals surface area contributed by atoms with Gasteiger partial charge in [-0.25, -0.2) is 8.42 Å². The molecule has 0 aliphatic rings. The van der Waals surface area contributed by atoms with Crippen molar-refractivity contribution in [1.29, 1.82) is 0 Å². The molecule has 0 amide bonds. The topological polar surface area (TPSA) is 46.5 Å². The lowest BCUT2D eigenvalue weighted by Gasteiger charge is -2.11. The van der Waals surface area contributed by atoms with Crippen molar-refractivity contribution >= 4 is 16.6 Å². The van der Waals surface area contributed by atoms with Crippen LogP contribution in [0.3, 0.4) is 0 Å². The summed E-state index contributed by atoms with van der Waals surface area (Å²) >= 11 is 0. The van der Waals surface area contributed by atoms with Crippen molar-refractivity contribution < 1.29 is 8.42 Å². The molecule has 1 unspecified atom stereocenters. The Balaban J connectivity index is 3.17. The highest BCUT2D eigenvalue weighted by Crippen LogP contribution is 2.16. The summed E-state index contributed by atoms with van der Waals surface area (Å²) in [6.07, 6.45) is 0. The molecule has 1 aromatic carbocycles. The Morgan fingerprint density at radius 2 is 1.79 bits per heavy atom. The second-order valence-corrected chi connectivity index (χ2v) is 5.35. The summed E-state index contributed by atoms with van der Waals surface area (Å²) in [5.41, 5.74) is 1.02. The third kappa shape index (κ3) is 2.01. The number of aliphatic imine (C=N–C) groups is 1. The monoisotopic (exact) mass is 210 g/mol. The summed E-state index contributed by atoms with van der Waals surface area (Å²) in [4.78, 5) is 3.53. The van der Waals surface area contributed by atoms with Crippen LogP contribution in [0.5, 0.6) is 0 Å². The maximum absolute atomic E-state index is 11.7. The Labute approximate surface area is 84.4 Å². The second kappa shape index (κ2) is 3.92. The van der Waals surface area contributed by atoms with Gasteiger partial charge < -0.3 is 11.7 Å². The minimum Gasteiger partial charge on any atom is -0.491 e. The van der Waals surface area contributed by atoms with Crippen LogP contribution in [0.4, 0.5) is 0 Å². The van der Waals surface area contributed by atoms with Gasteiger partial charge in [0.25, 0.3) is 0 Å². The average molecular weight is 210 g/mol. The van der Waals surface area contributed by atoms with Crippen molar-refractivity contribution in [2.75, 3.05) is 0 Å². The van der Waals surface area contributed by atoms with Crippen LogP contribution in [0.1, 0.15) is 12.5 Å². The third-order valence-electron chi connectivity index (χ3n) is 2.01. The van der Waals surface area contributed by atoms with E-state index in [1.54, 1.807) is 24.3 Å². The quantitative estimate of drug-likeness (QED) is 0.563. The van der Waals surface area contributed by atoms with Crippen LogP contribution in [0, 0.1) is 6.92 Å². The number of benzene rings is 1. The molecule has 0 saturated carbocycles. The van der Waals surface area contributed by atoms with Gasteiger partial charge in [0.1, 0.15) is 5.37 Å². The van der Waals surface area contributed by atoms with Crippen molar-refractivity contribution in [3.63, 3.8) is 0 Å². The maximum Gasteiger partial charge on any atom is 0.197 e. The van der Waals surface area contributed by atoms with Gasteiger partial charge in [-0.05, 0) is 26.0 Å². The third-order valence-corrected chi connectivity index (χ3v) is 3.96. The molecule has 0 spiro atoms. The van der Waals surface area contributed by atoms with Crippen LogP contribution in [-0.2, 0) is 9.84 Å². The van der Waals surface area contributed by atoms with Crippen molar-refractivity contribution in [3.8, 4) is 0 Å². The first-order valence-corrected chi connectivity index (χ1v) is 5.73. The van der Waals surface area contributed by atoms with Gasteiger partial charge in [0.15, 0.2) is 9.84 Å². The first kappa shape index (κ1) is 10.9. The summed E-state index contributed by atoms with van der Waals surface area (Å²) < 4.78 is 23.4. The Bertz CT molecular complexity index is 420. The molecule has 0 aliphatic heterocycles. The van der Waals surface area contributed by atoms with Crippen LogP contribution < -0.4 is 0 Å². The zero-order valence-electron chi connectivity index (χ0n) is 8.14. The second-order valence-electron chi connectivity index (χ2n) is 3.11. The van der Waals surface area contributed by atoms with E-state index in [1.165, 1.54) is 6.92 Å². The summed E-state index contributed by atoms with van der Waals surface area (Å²) in [5.74, 6) is 0. The van der Waals surface area contributed by atoms with E-state index in [2.05, 4.69) is 4.99 Å². The summed E-state index contributed by atoms with van der Waals surface area (Å²) in [6, 6.07) is 6.62. The van der Waals surface area contributed by atoms with Crippen LogP contribution in [-0.4, -0.2) is 20.5 Å². The number of hydrogen-bond acceptors (Lipinski definition) is 3. The van der Waals surface area contributed by atoms with E-state index in [9.17, 15) is 8.42 Å². The van der Waals surface area contributed by atoms with Crippen molar-refractivity contribution in [2.24, 2.45) is 4.99 Å². The standard InChI is InChI=1S/C10H12NO2S/c1-8-4-6-10(7-5-8)14(12,13)9(2)11-3/h3-7,9H,1-2H3/q-1. The summed E-state index contributed by atoms with van der Waals surface area (Å²) in [7, 11) is -3.40. The number of sulfone groups is 1. The summed E-state index contributed by atoms with van der Waals surface area (Å²) in [5, 5.41) is -0.898. The predicted molar refractivity (Wildman–Crippen MR) is 56.3 cm³/mol. The van der Waals surface area contributed by atoms with E-state index in [1.807, 2.05) is 6.92 Å². The van der Waals surface area contributed by atoms with Gasteiger partial charge in [0.2, 0.25) is 0 Å². The van der Waals surface area contributed by atoms with Gasteiger partial charge in [-0.3, -0.25) is 0 Å². The van der Waals surface area contributed by atoms with Crippen LogP contribution in [0.15, 0.2) is 34.2 Å². The Hall–Kier alpha value is -1.16. The molecule has 0 aliphatic carbocycles. The smallest absolute Gasteiger partial charge is 0.197 e. The van der Waals surface area contributed by atoms with E-state index >= 15 is 0 Å². The molecule has 1 rings (SSSR count). The SMILES string of the molecule is [CH-]=NC(C)S(=O)(=O)c1ccc(C)cc1. The molecule has 0 radical (unpaired) electrons. The average Bonchev–Trinajstić information content (AvgIpc) is 2.17. The molecule has 1 atom stereocenters. The lowest BCUT2D eigenvalue weighted by atomic mass is 10.2. The molecule has 4 heteroatoms. The van der Waals surface area contributed by atoms with E-state index in [-0.39, 0.29) is 4.90 Å². The first-order chi connectivity index (χ1) is 6.48. The van der Waals surface area contributed by atoms with Gasteiger partial charge in [0, 0.05) is 0 Å². The fourth-order valence-corrected chi connectivity index (χ4v) is 2.07. The fourth-order valence-electron chi connectivity index (χ4n) is 1.01. The van der Waals surface area contributed by atoms with E-state index < -0.39 is 15.2 Å². The van der Waals surface area contributed by atoms with Gasteiger partial charge in [-0.15, -0.1) is 0 Å². The highest BCUT2D eigenvalue weighted by molar-refractivity contribution is 7.92.